The fraction of sp³-hybridized carbons (Fsp3) is 0.269. The van der Waals surface area contributed by atoms with Gasteiger partial charge in [0.25, 0.3) is 0 Å². The van der Waals surface area contributed by atoms with Crippen LogP contribution in [0.3, 0.4) is 0 Å². The van der Waals surface area contributed by atoms with Crippen LogP contribution in [0.25, 0.3) is 5.57 Å². The normalized spacial score (nSPS) is 17.1. The molecule has 3 aromatic rings. The number of pyridine rings is 1. The number of rotatable bonds is 6. The van der Waals surface area contributed by atoms with E-state index in [1.807, 2.05) is 48.8 Å². The molecule has 0 atom stereocenters. The minimum atomic E-state index is -0.748. The van der Waals surface area contributed by atoms with Crippen molar-refractivity contribution < 1.29 is 5.11 Å². The largest absolute Gasteiger partial charge is 0.385 e. The molecule has 1 aromatic heterocycles. The smallest absolute Gasteiger partial charge is 0.0920 e. The van der Waals surface area contributed by atoms with Crippen LogP contribution >= 0.6 is 11.6 Å². The molecule has 4 heteroatoms. The van der Waals surface area contributed by atoms with Gasteiger partial charge in [-0.1, -0.05) is 66.2 Å². The molecule has 1 N–H and O–H groups in total. The van der Waals surface area contributed by atoms with Crippen molar-refractivity contribution in [3.8, 4) is 0 Å². The van der Waals surface area contributed by atoms with Crippen molar-refractivity contribution in [2.75, 3.05) is 19.6 Å². The van der Waals surface area contributed by atoms with Crippen molar-refractivity contribution in [2.45, 2.75) is 24.9 Å². The van der Waals surface area contributed by atoms with Crippen molar-refractivity contribution in [2.24, 2.45) is 0 Å². The van der Waals surface area contributed by atoms with E-state index in [9.17, 15) is 5.11 Å². The number of hydrogen-bond acceptors (Lipinski definition) is 3. The second-order valence-corrected chi connectivity index (χ2v) is 8.33. The Morgan fingerprint density at radius 3 is 2.33 bits per heavy atom. The van der Waals surface area contributed by atoms with E-state index >= 15 is 0 Å². The molecule has 1 aliphatic rings. The summed E-state index contributed by atoms with van der Waals surface area (Å²) in [5.41, 5.74) is 3.79. The number of likely N-dealkylation sites (tertiary alicyclic amines) is 1. The van der Waals surface area contributed by atoms with Gasteiger partial charge in [-0.3, -0.25) is 4.98 Å². The SMILES string of the molecule is OC1(c2ccc(Cl)cc2)CCN(CC/C=C(/c2ccccc2)c2cccnc2)CC1. The molecule has 3 nitrogen and oxygen atoms in total. The van der Waals surface area contributed by atoms with Gasteiger partial charge >= 0.3 is 0 Å². The standard InChI is InChI=1S/C26H27ClN2O/c27-24-12-10-23(11-13-24)26(30)14-18-29(19-15-26)17-5-9-25(21-6-2-1-3-7-21)22-8-4-16-28-20-22/h1-4,6-13,16,20,30H,5,14-15,17-19H2/b25-9-. The second-order valence-electron chi connectivity index (χ2n) is 7.89. The fourth-order valence-corrected chi connectivity index (χ4v) is 4.25. The van der Waals surface area contributed by atoms with Crippen LogP contribution in [0.15, 0.2) is 85.2 Å². The van der Waals surface area contributed by atoms with Crippen LogP contribution in [0, 0.1) is 0 Å². The van der Waals surface area contributed by atoms with Gasteiger partial charge in [-0.25, -0.2) is 0 Å². The first-order valence-electron chi connectivity index (χ1n) is 10.5. The Morgan fingerprint density at radius 2 is 1.67 bits per heavy atom. The number of nitrogens with zero attached hydrogens (tertiary/aromatic N) is 2. The van der Waals surface area contributed by atoms with E-state index in [4.69, 9.17) is 11.6 Å². The third kappa shape index (κ3) is 4.99. The Bertz CT molecular complexity index is 921. The molecule has 30 heavy (non-hydrogen) atoms. The highest BCUT2D eigenvalue weighted by Gasteiger charge is 2.33. The quantitative estimate of drug-likeness (QED) is 0.570. The molecule has 0 bridgehead atoms. The number of aliphatic hydroxyl groups is 1. The Hall–Kier alpha value is -2.46. The van der Waals surface area contributed by atoms with Gasteiger partial charge in [0, 0.05) is 42.6 Å². The van der Waals surface area contributed by atoms with Crippen molar-refractivity contribution in [1.29, 1.82) is 0 Å². The lowest BCUT2D eigenvalue weighted by Crippen LogP contribution is -2.42. The lowest BCUT2D eigenvalue weighted by Gasteiger charge is -2.38. The molecule has 0 saturated carbocycles. The lowest BCUT2D eigenvalue weighted by atomic mass is 9.84. The van der Waals surface area contributed by atoms with Gasteiger partial charge in [-0.2, -0.15) is 0 Å². The maximum atomic E-state index is 11.1. The predicted octanol–water partition coefficient (Wildman–Crippen LogP) is 5.54. The molecule has 2 heterocycles. The van der Waals surface area contributed by atoms with Crippen LogP contribution in [-0.4, -0.2) is 34.6 Å². The Labute approximate surface area is 183 Å². The minimum Gasteiger partial charge on any atom is -0.385 e. The fourth-order valence-electron chi connectivity index (χ4n) is 4.13. The average Bonchev–Trinajstić information content (AvgIpc) is 2.79. The second kappa shape index (κ2) is 9.57. The average molecular weight is 419 g/mol. The van der Waals surface area contributed by atoms with Crippen LogP contribution in [-0.2, 0) is 5.60 Å². The van der Waals surface area contributed by atoms with Gasteiger partial charge in [-0.05, 0) is 54.2 Å². The summed E-state index contributed by atoms with van der Waals surface area (Å²) in [6, 6.07) is 22.2. The third-order valence-corrected chi connectivity index (χ3v) is 6.17. The molecule has 1 saturated heterocycles. The van der Waals surface area contributed by atoms with E-state index < -0.39 is 5.60 Å². The van der Waals surface area contributed by atoms with E-state index in [0.29, 0.717) is 5.02 Å². The Balaban J connectivity index is 1.39. The zero-order chi connectivity index (χ0) is 20.8. The van der Waals surface area contributed by atoms with Crippen LogP contribution in [0.5, 0.6) is 0 Å². The molecule has 0 amide bonds. The maximum absolute atomic E-state index is 11.1. The molecule has 0 spiro atoms. The number of benzene rings is 2. The number of hydrogen-bond donors (Lipinski definition) is 1. The monoisotopic (exact) mass is 418 g/mol. The van der Waals surface area contributed by atoms with Crippen molar-refractivity contribution >= 4 is 17.2 Å². The molecule has 1 aliphatic heterocycles. The number of piperidine rings is 1. The van der Waals surface area contributed by atoms with Gasteiger partial charge in [0.1, 0.15) is 0 Å². The summed E-state index contributed by atoms with van der Waals surface area (Å²) in [6.07, 6.45) is 8.48. The predicted molar refractivity (Wildman–Crippen MR) is 123 cm³/mol. The Morgan fingerprint density at radius 1 is 0.967 bits per heavy atom. The van der Waals surface area contributed by atoms with Crippen LogP contribution in [0.4, 0.5) is 0 Å². The minimum absolute atomic E-state index is 0.703. The topological polar surface area (TPSA) is 36.4 Å². The third-order valence-electron chi connectivity index (χ3n) is 5.92. The number of halogens is 1. The molecular weight excluding hydrogens is 392 g/mol. The molecule has 2 aromatic carbocycles. The van der Waals surface area contributed by atoms with Crippen molar-refractivity contribution in [1.82, 2.24) is 9.88 Å². The maximum Gasteiger partial charge on any atom is 0.0920 e. The first-order chi connectivity index (χ1) is 14.6. The lowest BCUT2D eigenvalue weighted by molar-refractivity contribution is -0.0254. The van der Waals surface area contributed by atoms with Crippen LogP contribution < -0.4 is 0 Å². The summed E-state index contributed by atoms with van der Waals surface area (Å²) >= 11 is 5.99. The van der Waals surface area contributed by atoms with E-state index in [0.717, 1.165) is 50.0 Å². The van der Waals surface area contributed by atoms with E-state index in [1.165, 1.54) is 11.1 Å². The molecule has 1 fully saturated rings. The molecule has 4 rings (SSSR count). The first kappa shape index (κ1) is 20.8. The molecule has 154 valence electrons. The van der Waals surface area contributed by atoms with Gasteiger partial charge in [0.2, 0.25) is 0 Å². The summed E-state index contributed by atoms with van der Waals surface area (Å²) in [5.74, 6) is 0. The van der Waals surface area contributed by atoms with Gasteiger partial charge in [-0.15, -0.1) is 0 Å². The molecule has 0 unspecified atom stereocenters. The number of aromatic nitrogens is 1. The summed E-state index contributed by atoms with van der Waals surface area (Å²) in [7, 11) is 0. The van der Waals surface area contributed by atoms with Gasteiger partial charge in [0.15, 0.2) is 0 Å². The molecule has 0 radical (unpaired) electrons. The highest BCUT2D eigenvalue weighted by atomic mass is 35.5. The molecular formula is C26H27ClN2O. The highest BCUT2D eigenvalue weighted by Crippen LogP contribution is 2.33. The summed E-state index contributed by atoms with van der Waals surface area (Å²) in [4.78, 5) is 6.73. The van der Waals surface area contributed by atoms with E-state index in [1.54, 1.807) is 0 Å². The zero-order valence-electron chi connectivity index (χ0n) is 17.0. The van der Waals surface area contributed by atoms with Crippen LogP contribution in [0.2, 0.25) is 5.02 Å². The van der Waals surface area contributed by atoms with E-state index in [2.05, 4.69) is 46.3 Å². The van der Waals surface area contributed by atoms with Gasteiger partial charge in [0.05, 0.1) is 5.60 Å². The van der Waals surface area contributed by atoms with E-state index in [-0.39, 0.29) is 0 Å². The van der Waals surface area contributed by atoms with Gasteiger partial charge < -0.3 is 10.0 Å². The van der Waals surface area contributed by atoms with Crippen LogP contribution in [0.1, 0.15) is 36.0 Å². The summed E-state index contributed by atoms with van der Waals surface area (Å²) in [5, 5.41) is 11.8. The first-order valence-corrected chi connectivity index (χ1v) is 10.9. The Kier molecular flexibility index (Phi) is 6.63. The summed E-state index contributed by atoms with van der Waals surface area (Å²) < 4.78 is 0. The zero-order valence-corrected chi connectivity index (χ0v) is 17.8. The molecule has 0 aliphatic carbocycles. The van der Waals surface area contributed by atoms with Crippen molar-refractivity contribution in [3.05, 3.63) is 107 Å². The summed E-state index contributed by atoms with van der Waals surface area (Å²) in [6.45, 7) is 2.76. The van der Waals surface area contributed by atoms with Crippen molar-refractivity contribution in [3.63, 3.8) is 0 Å². The highest BCUT2D eigenvalue weighted by molar-refractivity contribution is 6.30.